The van der Waals surface area contributed by atoms with Gasteiger partial charge in [0, 0.05) is 24.7 Å². The van der Waals surface area contributed by atoms with Crippen LogP contribution in [0.2, 0.25) is 0 Å². The van der Waals surface area contributed by atoms with Crippen LogP contribution in [0.5, 0.6) is 17.4 Å². The molecule has 0 aliphatic carbocycles. The molecule has 0 radical (unpaired) electrons. The first-order valence-electron chi connectivity index (χ1n) is 10.8. The number of nitrogens with one attached hydrogen (secondary N) is 2. The third kappa shape index (κ3) is 6.02. The summed E-state index contributed by atoms with van der Waals surface area (Å²) in [6, 6.07) is 17.7. The molecule has 2 aromatic heterocycles. The van der Waals surface area contributed by atoms with Gasteiger partial charge in [-0.3, -0.25) is 9.59 Å². The molecule has 11 heteroatoms. The van der Waals surface area contributed by atoms with Crippen molar-refractivity contribution in [2.24, 2.45) is 0 Å². The minimum absolute atomic E-state index is 0.170. The molecule has 0 saturated heterocycles. The fourth-order valence-electron chi connectivity index (χ4n) is 3.26. The summed E-state index contributed by atoms with van der Waals surface area (Å²) in [5.74, 6) is 1.51. The average Bonchev–Trinajstić information content (AvgIpc) is 3.28. The van der Waals surface area contributed by atoms with Crippen LogP contribution >= 0.6 is 0 Å². The number of para-hydroxylation sites is 1. The molecular formula is C24H24N6O5. The van der Waals surface area contributed by atoms with Crippen LogP contribution in [0, 0.1) is 0 Å². The van der Waals surface area contributed by atoms with Crippen molar-refractivity contribution in [3.63, 3.8) is 0 Å². The van der Waals surface area contributed by atoms with Crippen molar-refractivity contribution in [2.45, 2.75) is 6.92 Å². The molecule has 4 rings (SSSR count). The minimum Gasteiger partial charge on any atom is -0.496 e. The van der Waals surface area contributed by atoms with Gasteiger partial charge in [0.25, 0.3) is 5.91 Å². The summed E-state index contributed by atoms with van der Waals surface area (Å²) in [4.78, 5) is 23.2. The van der Waals surface area contributed by atoms with E-state index in [0.717, 1.165) is 5.56 Å². The molecule has 2 aromatic carbocycles. The van der Waals surface area contributed by atoms with Gasteiger partial charge in [-0.15, -0.1) is 15.3 Å². The number of rotatable bonds is 10. The molecular weight excluding hydrogens is 452 g/mol. The van der Waals surface area contributed by atoms with E-state index in [2.05, 4.69) is 25.9 Å². The monoisotopic (exact) mass is 476 g/mol. The molecule has 0 spiro atoms. The third-order valence-corrected chi connectivity index (χ3v) is 4.78. The van der Waals surface area contributed by atoms with Crippen LogP contribution in [0.15, 0.2) is 60.7 Å². The highest BCUT2D eigenvalue weighted by Gasteiger charge is 2.14. The highest BCUT2D eigenvalue weighted by Crippen LogP contribution is 2.28. The SMILES string of the molecule is COc1ccccc1-c1nnc2ccc(OCCNC(=O)COc3cccc(NC(C)=O)c3)nn12. The molecule has 11 nitrogen and oxygen atoms in total. The van der Waals surface area contributed by atoms with Crippen molar-refractivity contribution in [1.82, 2.24) is 25.1 Å². The van der Waals surface area contributed by atoms with Crippen LogP contribution in [0.25, 0.3) is 17.0 Å². The summed E-state index contributed by atoms with van der Waals surface area (Å²) in [7, 11) is 1.59. The van der Waals surface area contributed by atoms with Gasteiger partial charge in [-0.05, 0) is 30.3 Å². The Morgan fingerprint density at radius 3 is 2.69 bits per heavy atom. The topological polar surface area (TPSA) is 129 Å². The molecule has 0 fully saturated rings. The fraction of sp³-hybridized carbons (Fsp3) is 0.208. The van der Waals surface area contributed by atoms with Gasteiger partial charge in [-0.1, -0.05) is 18.2 Å². The zero-order chi connectivity index (χ0) is 24.6. The van der Waals surface area contributed by atoms with Crippen LogP contribution in [-0.2, 0) is 9.59 Å². The molecule has 2 amide bonds. The van der Waals surface area contributed by atoms with Crippen molar-refractivity contribution in [1.29, 1.82) is 0 Å². The fourth-order valence-corrected chi connectivity index (χ4v) is 3.26. The summed E-state index contributed by atoms with van der Waals surface area (Å²) < 4.78 is 18.1. The molecule has 35 heavy (non-hydrogen) atoms. The molecule has 0 atom stereocenters. The highest BCUT2D eigenvalue weighted by molar-refractivity contribution is 5.88. The minimum atomic E-state index is -0.306. The molecule has 2 heterocycles. The quantitative estimate of drug-likeness (QED) is 0.334. The molecule has 0 aliphatic rings. The van der Waals surface area contributed by atoms with Gasteiger partial charge in [0.1, 0.15) is 18.1 Å². The molecule has 0 bridgehead atoms. The molecule has 0 saturated carbocycles. The van der Waals surface area contributed by atoms with Crippen LogP contribution in [0.3, 0.4) is 0 Å². The maximum Gasteiger partial charge on any atom is 0.258 e. The number of hydrogen-bond donors (Lipinski definition) is 2. The standard InChI is InChI=1S/C24H24N6O5/c1-16(31)26-17-6-5-7-18(14-17)35-15-22(32)25-12-13-34-23-11-10-21-27-28-24(30(21)29-23)19-8-3-4-9-20(19)33-2/h3-11,14H,12-13,15H2,1-2H3,(H,25,32)(H,26,31). The number of hydrogen-bond acceptors (Lipinski definition) is 8. The number of carbonyl (C=O) groups is 2. The van der Waals surface area contributed by atoms with Crippen LogP contribution in [-0.4, -0.2) is 58.5 Å². The second-order valence-corrected chi connectivity index (χ2v) is 7.36. The van der Waals surface area contributed by atoms with Crippen molar-refractivity contribution in [2.75, 3.05) is 32.2 Å². The summed E-state index contributed by atoms with van der Waals surface area (Å²) in [6.45, 7) is 1.71. The van der Waals surface area contributed by atoms with Gasteiger partial charge in [0.2, 0.25) is 11.8 Å². The zero-order valence-electron chi connectivity index (χ0n) is 19.2. The van der Waals surface area contributed by atoms with E-state index in [1.54, 1.807) is 48.0 Å². The first-order valence-corrected chi connectivity index (χ1v) is 10.8. The second-order valence-electron chi connectivity index (χ2n) is 7.36. The van der Waals surface area contributed by atoms with Crippen molar-refractivity contribution in [3.8, 4) is 28.8 Å². The molecule has 0 unspecified atom stereocenters. The maximum absolute atomic E-state index is 12.1. The van der Waals surface area contributed by atoms with E-state index in [4.69, 9.17) is 14.2 Å². The van der Waals surface area contributed by atoms with E-state index in [9.17, 15) is 9.59 Å². The lowest BCUT2D eigenvalue weighted by molar-refractivity contribution is -0.123. The number of benzene rings is 2. The Balaban J connectivity index is 1.29. The Morgan fingerprint density at radius 1 is 1.00 bits per heavy atom. The lowest BCUT2D eigenvalue weighted by Gasteiger charge is -2.10. The summed E-state index contributed by atoms with van der Waals surface area (Å²) in [5.41, 5.74) is 1.91. The Bertz CT molecular complexity index is 1340. The predicted octanol–water partition coefficient (Wildman–Crippen LogP) is 2.33. The van der Waals surface area contributed by atoms with Crippen molar-refractivity contribution in [3.05, 3.63) is 60.7 Å². The van der Waals surface area contributed by atoms with Crippen LogP contribution in [0.1, 0.15) is 6.92 Å². The number of ether oxygens (including phenoxy) is 3. The van der Waals surface area contributed by atoms with Gasteiger partial charge < -0.3 is 24.8 Å². The first kappa shape index (κ1) is 23.5. The largest absolute Gasteiger partial charge is 0.496 e. The summed E-state index contributed by atoms with van der Waals surface area (Å²) >= 11 is 0. The maximum atomic E-state index is 12.1. The van der Waals surface area contributed by atoms with Crippen LogP contribution < -0.4 is 24.8 Å². The molecule has 180 valence electrons. The van der Waals surface area contributed by atoms with E-state index >= 15 is 0 Å². The molecule has 0 aliphatic heterocycles. The number of nitrogens with zero attached hydrogens (tertiary/aromatic N) is 4. The van der Waals surface area contributed by atoms with Crippen molar-refractivity contribution < 1.29 is 23.8 Å². The Morgan fingerprint density at radius 2 is 1.86 bits per heavy atom. The number of methoxy groups -OCH3 is 1. The zero-order valence-corrected chi connectivity index (χ0v) is 19.2. The Hall–Kier alpha value is -4.67. The van der Waals surface area contributed by atoms with Crippen molar-refractivity contribution >= 4 is 23.1 Å². The smallest absolute Gasteiger partial charge is 0.258 e. The third-order valence-electron chi connectivity index (χ3n) is 4.78. The summed E-state index contributed by atoms with van der Waals surface area (Å²) in [6.07, 6.45) is 0. The first-order chi connectivity index (χ1) is 17.0. The van der Waals surface area contributed by atoms with Gasteiger partial charge >= 0.3 is 0 Å². The normalized spacial score (nSPS) is 10.6. The summed E-state index contributed by atoms with van der Waals surface area (Å²) in [5, 5.41) is 18.2. The van der Waals surface area contributed by atoms with E-state index in [-0.39, 0.29) is 31.6 Å². The molecule has 2 N–H and O–H groups in total. The van der Waals surface area contributed by atoms with Gasteiger partial charge in [0.05, 0.1) is 19.2 Å². The average molecular weight is 476 g/mol. The number of anilines is 1. The van der Waals surface area contributed by atoms with E-state index < -0.39 is 0 Å². The lowest BCUT2D eigenvalue weighted by atomic mass is 10.2. The van der Waals surface area contributed by atoms with E-state index in [0.29, 0.717) is 34.5 Å². The number of fused-ring (bicyclic) bond motifs is 1. The predicted molar refractivity (Wildman–Crippen MR) is 128 cm³/mol. The second kappa shape index (κ2) is 11.0. The lowest BCUT2D eigenvalue weighted by Crippen LogP contribution is -2.32. The number of aromatic nitrogens is 4. The van der Waals surface area contributed by atoms with E-state index in [1.165, 1.54) is 6.92 Å². The Kier molecular flexibility index (Phi) is 7.36. The van der Waals surface area contributed by atoms with Gasteiger partial charge in [0.15, 0.2) is 18.1 Å². The van der Waals surface area contributed by atoms with Gasteiger partial charge in [-0.25, -0.2) is 0 Å². The highest BCUT2D eigenvalue weighted by atomic mass is 16.5. The van der Waals surface area contributed by atoms with Crippen LogP contribution in [0.4, 0.5) is 5.69 Å². The van der Waals surface area contributed by atoms with E-state index in [1.807, 2.05) is 24.3 Å². The van der Waals surface area contributed by atoms with Gasteiger partial charge in [-0.2, -0.15) is 4.52 Å². The number of carbonyl (C=O) groups excluding carboxylic acids is 2. The Labute approximate surface area is 201 Å². The number of amides is 2. The molecule has 4 aromatic rings.